The lowest BCUT2D eigenvalue weighted by molar-refractivity contribution is -0.903. The maximum atomic E-state index is 9.51. The number of carbonyl (C=O) groups excluding carboxylic acids is 1. The van der Waals surface area contributed by atoms with Crippen molar-refractivity contribution in [2.45, 2.75) is 0 Å². The lowest BCUT2D eigenvalue weighted by atomic mass is 11.7. The molecule has 0 bridgehead atoms. The van der Waals surface area contributed by atoms with Gasteiger partial charge < -0.3 is 0 Å². The van der Waals surface area contributed by atoms with Gasteiger partial charge in [-0.05, 0) is 40.3 Å². The largest absolute Gasteiger partial charge is 0.334 e. The minimum atomic E-state index is -0.170. The average molecular weight is 478 g/mol. The van der Waals surface area contributed by atoms with Gasteiger partial charge in [-0.25, -0.2) is 5.26 Å². The van der Waals surface area contributed by atoms with Crippen molar-refractivity contribution in [3.63, 3.8) is 0 Å². The van der Waals surface area contributed by atoms with Gasteiger partial charge in [0.05, 0.1) is 0 Å². The summed E-state index contributed by atoms with van der Waals surface area (Å²) in [5.74, 6) is 0. The second kappa shape index (κ2) is 27.4. The summed E-state index contributed by atoms with van der Waals surface area (Å²) in [5, 5.41) is 96.7. The van der Waals surface area contributed by atoms with E-state index in [-0.39, 0.29) is 6.47 Å². The Morgan fingerprint density at radius 2 is 0.533 bits per heavy atom. The third-order valence-corrected chi connectivity index (χ3v) is 0.776. The van der Waals surface area contributed by atoms with Crippen molar-refractivity contribution in [1.82, 2.24) is 0 Å². The zero-order valence-electron chi connectivity index (χ0n) is 12.5. The molecule has 29 heteroatoms. The molecule has 0 spiro atoms. The summed E-state index contributed by atoms with van der Waals surface area (Å²) in [6, 6.07) is 0. The van der Waals surface area contributed by atoms with Crippen LogP contribution in [-0.4, -0.2) is 11.7 Å². The van der Waals surface area contributed by atoms with E-state index in [1.807, 2.05) is 0 Å². The van der Waals surface area contributed by atoms with Crippen LogP contribution in [0.25, 0.3) is 0 Å². The van der Waals surface area contributed by atoms with Crippen LogP contribution >= 0.6 is 0 Å². The lowest BCUT2D eigenvalue weighted by Crippen LogP contribution is -2.06. The highest BCUT2D eigenvalue weighted by Crippen LogP contribution is 1.94. The van der Waals surface area contributed by atoms with Gasteiger partial charge >= 0.3 is 6.47 Å². The Bertz CT molecular complexity index is 299. The molecule has 0 fully saturated rings. The van der Waals surface area contributed by atoms with E-state index in [2.05, 4.69) is 136 Å². The Kier molecular flexibility index (Phi) is 25.9. The molecule has 0 rings (SSSR count). The first-order valence-electron chi connectivity index (χ1n) is 4.99. The average Bonchev–Trinajstić information content (AvgIpc) is 2.76. The SMILES string of the molecule is O=COOOOOOOOOOOOOOOOOOOOOOOOOOOO. The molecule has 0 aromatic rings. The predicted molar refractivity (Wildman–Crippen MR) is 38.0 cm³/mol. The number of carbonyl (C=O) groups is 1. The standard InChI is InChI=1S/CH2O29/c2-1-4-6-8-10-12-14-16-18-20-22-24-26-28-30-29-27-25-23-21-19-17-15-13-11-9-7-5-3/h1,3H. The van der Waals surface area contributed by atoms with Gasteiger partial charge in [0, 0.05) is 90.7 Å². The molecule has 0 aromatic carbocycles. The molecule has 0 heterocycles. The van der Waals surface area contributed by atoms with Crippen LogP contribution in [0.3, 0.4) is 0 Å². The zero-order chi connectivity index (χ0) is 21.8. The highest BCUT2D eigenvalue weighted by Gasteiger charge is 2.01. The van der Waals surface area contributed by atoms with Gasteiger partial charge in [-0.2, -0.15) is 0 Å². The fourth-order valence-electron chi connectivity index (χ4n) is 0.305. The monoisotopic (exact) mass is 478 g/mol. The molecule has 0 aromatic heterocycles. The lowest BCUT2D eigenvalue weighted by Gasteiger charge is -1.99. The topological polar surface area (TPSA) is 287 Å². The molecule has 0 atom stereocenters. The van der Waals surface area contributed by atoms with Crippen LogP contribution in [0.4, 0.5) is 0 Å². The molecule has 180 valence electrons. The minimum absolute atomic E-state index is 0.170. The molecule has 0 aliphatic rings. The Morgan fingerprint density at radius 1 is 0.333 bits per heavy atom. The maximum absolute atomic E-state index is 9.51. The van der Waals surface area contributed by atoms with Gasteiger partial charge in [0.2, 0.25) is 0 Å². The fourth-order valence-corrected chi connectivity index (χ4v) is 0.305. The van der Waals surface area contributed by atoms with Gasteiger partial charge in [0.1, 0.15) is 0 Å². The smallest absolute Gasteiger partial charge is 0.270 e. The first kappa shape index (κ1) is 28.4. The van der Waals surface area contributed by atoms with Crippen molar-refractivity contribution in [2.75, 3.05) is 0 Å². The Morgan fingerprint density at radius 3 is 0.733 bits per heavy atom. The zero-order valence-corrected chi connectivity index (χ0v) is 12.5. The molecule has 0 amide bonds. The summed E-state index contributed by atoms with van der Waals surface area (Å²) >= 11 is 0. The van der Waals surface area contributed by atoms with Gasteiger partial charge in [-0.1, -0.05) is 0 Å². The van der Waals surface area contributed by atoms with Gasteiger partial charge in [0.15, 0.2) is 0 Å². The van der Waals surface area contributed by atoms with Crippen molar-refractivity contribution >= 4 is 6.47 Å². The molecule has 0 saturated heterocycles. The highest BCUT2D eigenvalue weighted by molar-refractivity contribution is 5.35. The molecule has 30 heavy (non-hydrogen) atoms. The molecule has 1 N–H and O–H groups in total. The van der Waals surface area contributed by atoms with E-state index in [0.29, 0.717) is 0 Å². The molecule has 0 aliphatic carbocycles. The summed E-state index contributed by atoms with van der Waals surface area (Å²) in [6.45, 7) is -0.170. The second-order valence-corrected chi connectivity index (χ2v) is 1.97. The first-order valence-corrected chi connectivity index (χ1v) is 4.99. The van der Waals surface area contributed by atoms with E-state index in [9.17, 15) is 4.79 Å². The molecule has 0 radical (unpaired) electrons. The van der Waals surface area contributed by atoms with Crippen LogP contribution in [0, 0.1) is 0 Å². The van der Waals surface area contributed by atoms with Crippen molar-refractivity contribution in [3.8, 4) is 0 Å². The molecular weight excluding hydrogens is 476 g/mol. The van der Waals surface area contributed by atoms with Crippen LogP contribution in [0.1, 0.15) is 0 Å². The summed E-state index contributed by atoms with van der Waals surface area (Å²) < 4.78 is 0. The van der Waals surface area contributed by atoms with Crippen molar-refractivity contribution in [2.24, 2.45) is 0 Å². The quantitative estimate of drug-likeness (QED) is 0.0569. The molecule has 0 saturated carbocycles. The van der Waals surface area contributed by atoms with Gasteiger partial charge in [0.25, 0.3) is 0 Å². The number of hydrogen-bond donors (Lipinski definition) is 1. The normalized spacial score (nSPS) is 11.1. The third-order valence-electron chi connectivity index (χ3n) is 0.776. The third kappa shape index (κ3) is 26.4. The van der Waals surface area contributed by atoms with E-state index in [1.165, 1.54) is 0 Å². The predicted octanol–water partition coefficient (Wildman–Crippen LogP) is -2.15. The fraction of sp³-hybridized carbons (Fsp3) is 0. The Labute approximate surface area is 154 Å². The highest BCUT2D eigenvalue weighted by atomic mass is 18.0. The maximum Gasteiger partial charge on any atom is 0.334 e. The first-order chi connectivity index (χ1) is 14.9. The van der Waals surface area contributed by atoms with Gasteiger partial charge in [-0.15, -0.1) is 0 Å². The summed E-state index contributed by atoms with van der Waals surface area (Å²) in [6.07, 6.45) is 0. The van der Waals surface area contributed by atoms with Crippen LogP contribution < -0.4 is 0 Å². The van der Waals surface area contributed by atoms with Crippen molar-refractivity contribution in [3.05, 3.63) is 0 Å². The Hall–Kier alpha value is -1.61. The number of rotatable bonds is 27. The van der Waals surface area contributed by atoms with Crippen molar-refractivity contribution in [1.29, 1.82) is 0 Å². The molecule has 0 unspecified atom stereocenters. The molecule has 0 aliphatic heterocycles. The minimum Gasteiger partial charge on any atom is -0.270 e. The van der Waals surface area contributed by atoms with E-state index >= 15 is 0 Å². The summed E-state index contributed by atoms with van der Waals surface area (Å²) in [4.78, 5) is 13.0. The van der Waals surface area contributed by atoms with Gasteiger partial charge in [-0.3, -0.25) is 9.68 Å². The summed E-state index contributed by atoms with van der Waals surface area (Å²) in [7, 11) is 0. The van der Waals surface area contributed by atoms with E-state index in [1.54, 1.807) is 0 Å². The molecule has 29 nitrogen and oxygen atoms in total. The van der Waals surface area contributed by atoms with Crippen molar-refractivity contribution < 1.29 is 146 Å². The van der Waals surface area contributed by atoms with Crippen LogP contribution in [0.5, 0.6) is 0 Å². The van der Waals surface area contributed by atoms with E-state index < -0.39 is 0 Å². The van der Waals surface area contributed by atoms with Crippen LogP contribution in [0.15, 0.2) is 0 Å². The van der Waals surface area contributed by atoms with Crippen LogP contribution in [0.2, 0.25) is 0 Å². The Balaban J connectivity index is 2.98. The number of hydrogen-bond acceptors (Lipinski definition) is 29. The summed E-state index contributed by atoms with van der Waals surface area (Å²) in [5.41, 5.74) is 0. The van der Waals surface area contributed by atoms with E-state index in [4.69, 9.17) is 5.26 Å². The van der Waals surface area contributed by atoms with E-state index in [0.717, 1.165) is 0 Å². The van der Waals surface area contributed by atoms with Crippen LogP contribution in [-0.2, 0) is 141 Å². The second-order valence-electron chi connectivity index (χ2n) is 1.97. The molecular formula is CH2O29.